The minimum Gasteiger partial charge on any atom is -0.319 e. The summed E-state index contributed by atoms with van der Waals surface area (Å²) >= 11 is 5.87. The van der Waals surface area contributed by atoms with E-state index in [9.17, 15) is 0 Å². The van der Waals surface area contributed by atoms with Crippen molar-refractivity contribution in [2.75, 3.05) is 13.6 Å². The Morgan fingerprint density at radius 3 is 3.21 bits per heavy atom. The first-order valence-corrected chi connectivity index (χ1v) is 4.95. The fourth-order valence-electron chi connectivity index (χ4n) is 1.38. The fourth-order valence-corrected chi connectivity index (χ4v) is 1.54. The van der Waals surface area contributed by atoms with Crippen LogP contribution in [-0.2, 0) is 6.42 Å². The molecule has 4 heteroatoms. The molecule has 2 aromatic heterocycles. The molecule has 2 heterocycles. The third-order valence-electron chi connectivity index (χ3n) is 2.10. The van der Waals surface area contributed by atoms with Crippen molar-refractivity contribution in [1.82, 2.24) is 14.7 Å². The number of aromatic nitrogens is 2. The zero-order valence-electron chi connectivity index (χ0n) is 8.00. The Kier molecular flexibility index (Phi) is 2.70. The van der Waals surface area contributed by atoms with Crippen molar-refractivity contribution in [3.63, 3.8) is 0 Å². The Bertz CT molecular complexity index is 436. The molecule has 0 aliphatic rings. The highest BCUT2D eigenvalue weighted by atomic mass is 35.5. The number of likely N-dealkylation sites (N-methyl/N-ethyl adjacent to an activating group) is 1. The van der Waals surface area contributed by atoms with Gasteiger partial charge in [0.1, 0.15) is 5.65 Å². The van der Waals surface area contributed by atoms with E-state index in [4.69, 9.17) is 11.6 Å². The van der Waals surface area contributed by atoms with Gasteiger partial charge in [0.25, 0.3) is 0 Å². The maximum absolute atomic E-state index is 5.87. The molecule has 2 aromatic rings. The Morgan fingerprint density at radius 1 is 1.57 bits per heavy atom. The van der Waals surface area contributed by atoms with E-state index < -0.39 is 0 Å². The standard InChI is InChI=1S/C10H12ClN3/c1-12-4-2-9-7-14-5-3-8(11)6-10(14)13-9/h3,5-7,12H,2,4H2,1H3. The predicted molar refractivity (Wildman–Crippen MR) is 57.8 cm³/mol. The van der Waals surface area contributed by atoms with Gasteiger partial charge in [-0.2, -0.15) is 0 Å². The van der Waals surface area contributed by atoms with Crippen molar-refractivity contribution in [1.29, 1.82) is 0 Å². The molecule has 3 nitrogen and oxygen atoms in total. The monoisotopic (exact) mass is 209 g/mol. The summed E-state index contributed by atoms with van der Waals surface area (Å²) < 4.78 is 1.98. The molecule has 0 fully saturated rings. The Morgan fingerprint density at radius 2 is 2.43 bits per heavy atom. The maximum Gasteiger partial charge on any atom is 0.138 e. The van der Waals surface area contributed by atoms with Crippen LogP contribution < -0.4 is 5.32 Å². The number of hydrogen-bond donors (Lipinski definition) is 1. The summed E-state index contributed by atoms with van der Waals surface area (Å²) in [6, 6.07) is 3.72. The summed E-state index contributed by atoms with van der Waals surface area (Å²) in [6.45, 7) is 0.942. The lowest BCUT2D eigenvalue weighted by Crippen LogP contribution is -2.10. The first-order chi connectivity index (χ1) is 6.79. The van der Waals surface area contributed by atoms with Crippen LogP contribution in [0.15, 0.2) is 24.5 Å². The van der Waals surface area contributed by atoms with E-state index in [2.05, 4.69) is 10.3 Å². The average Bonchev–Trinajstić information content (AvgIpc) is 2.56. The van der Waals surface area contributed by atoms with E-state index in [0.717, 1.165) is 29.3 Å². The third kappa shape index (κ3) is 1.89. The highest BCUT2D eigenvalue weighted by Gasteiger charge is 2.00. The number of nitrogens with zero attached hydrogens (tertiary/aromatic N) is 2. The van der Waals surface area contributed by atoms with Gasteiger partial charge in [0.2, 0.25) is 0 Å². The second-order valence-corrected chi connectivity index (χ2v) is 3.63. The second-order valence-electron chi connectivity index (χ2n) is 3.20. The summed E-state index contributed by atoms with van der Waals surface area (Å²) in [6.07, 6.45) is 4.90. The summed E-state index contributed by atoms with van der Waals surface area (Å²) in [5, 5.41) is 3.82. The Labute approximate surface area is 87.7 Å². The second kappa shape index (κ2) is 3.98. The molecule has 0 saturated heterocycles. The van der Waals surface area contributed by atoms with Gasteiger partial charge in [-0.05, 0) is 19.2 Å². The van der Waals surface area contributed by atoms with Crippen LogP contribution in [0, 0.1) is 0 Å². The van der Waals surface area contributed by atoms with Crippen LogP contribution in [0.25, 0.3) is 5.65 Å². The Balaban J connectivity index is 2.32. The van der Waals surface area contributed by atoms with E-state index in [1.165, 1.54) is 0 Å². The van der Waals surface area contributed by atoms with Gasteiger partial charge in [0.05, 0.1) is 5.69 Å². The molecule has 1 N–H and O–H groups in total. The lowest BCUT2D eigenvalue weighted by atomic mass is 10.3. The quantitative estimate of drug-likeness (QED) is 0.835. The number of hydrogen-bond acceptors (Lipinski definition) is 2. The summed E-state index contributed by atoms with van der Waals surface area (Å²) in [4.78, 5) is 4.45. The van der Waals surface area contributed by atoms with Crippen molar-refractivity contribution in [2.45, 2.75) is 6.42 Å². The van der Waals surface area contributed by atoms with E-state index in [1.807, 2.05) is 36.0 Å². The largest absolute Gasteiger partial charge is 0.319 e. The lowest BCUT2D eigenvalue weighted by Gasteiger charge is -1.92. The van der Waals surface area contributed by atoms with Crippen LogP contribution in [-0.4, -0.2) is 23.0 Å². The van der Waals surface area contributed by atoms with Gasteiger partial charge in [-0.15, -0.1) is 0 Å². The number of halogens is 1. The average molecular weight is 210 g/mol. The highest BCUT2D eigenvalue weighted by molar-refractivity contribution is 6.30. The maximum atomic E-state index is 5.87. The molecular formula is C10H12ClN3. The SMILES string of the molecule is CNCCc1cn2ccc(Cl)cc2n1. The van der Waals surface area contributed by atoms with Gasteiger partial charge in [-0.3, -0.25) is 0 Å². The molecule has 0 unspecified atom stereocenters. The van der Waals surface area contributed by atoms with E-state index in [0.29, 0.717) is 0 Å². The van der Waals surface area contributed by atoms with Crippen LogP contribution in [0.3, 0.4) is 0 Å². The minimum atomic E-state index is 0.725. The fraction of sp³-hybridized carbons (Fsp3) is 0.300. The normalized spacial score (nSPS) is 11.0. The van der Waals surface area contributed by atoms with Crippen LogP contribution in [0.2, 0.25) is 5.02 Å². The molecule has 14 heavy (non-hydrogen) atoms. The molecule has 0 aliphatic carbocycles. The van der Waals surface area contributed by atoms with Crippen molar-refractivity contribution in [2.24, 2.45) is 0 Å². The van der Waals surface area contributed by atoms with Gasteiger partial charge in [-0.25, -0.2) is 4.98 Å². The number of fused-ring (bicyclic) bond motifs is 1. The van der Waals surface area contributed by atoms with Gasteiger partial charge in [-0.1, -0.05) is 11.6 Å². The van der Waals surface area contributed by atoms with Crippen molar-refractivity contribution in [3.8, 4) is 0 Å². The zero-order chi connectivity index (χ0) is 9.97. The highest BCUT2D eigenvalue weighted by Crippen LogP contribution is 2.12. The molecule has 0 aromatic carbocycles. The smallest absolute Gasteiger partial charge is 0.138 e. The summed E-state index contributed by atoms with van der Waals surface area (Å²) in [5.41, 5.74) is 1.99. The molecule has 0 aliphatic heterocycles. The summed E-state index contributed by atoms with van der Waals surface area (Å²) in [7, 11) is 1.94. The molecule has 0 spiro atoms. The van der Waals surface area contributed by atoms with Crippen molar-refractivity contribution < 1.29 is 0 Å². The molecule has 0 radical (unpaired) electrons. The molecule has 0 saturated carbocycles. The number of pyridine rings is 1. The lowest BCUT2D eigenvalue weighted by molar-refractivity contribution is 0.780. The topological polar surface area (TPSA) is 29.3 Å². The van der Waals surface area contributed by atoms with Gasteiger partial charge < -0.3 is 9.72 Å². The van der Waals surface area contributed by atoms with E-state index in [1.54, 1.807) is 0 Å². The number of rotatable bonds is 3. The first-order valence-electron chi connectivity index (χ1n) is 4.57. The van der Waals surface area contributed by atoms with Gasteiger partial charge >= 0.3 is 0 Å². The first kappa shape index (κ1) is 9.49. The molecule has 0 amide bonds. The molecule has 0 atom stereocenters. The predicted octanol–water partition coefficient (Wildman–Crippen LogP) is 1.75. The number of imidazole rings is 1. The van der Waals surface area contributed by atoms with Crippen molar-refractivity contribution >= 4 is 17.2 Å². The summed E-state index contributed by atoms with van der Waals surface area (Å²) in [5.74, 6) is 0. The van der Waals surface area contributed by atoms with Crippen LogP contribution in [0.1, 0.15) is 5.69 Å². The van der Waals surface area contributed by atoms with Crippen LogP contribution in [0.5, 0.6) is 0 Å². The van der Waals surface area contributed by atoms with Gasteiger partial charge in [0, 0.05) is 30.4 Å². The van der Waals surface area contributed by atoms with Crippen LogP contribution in [0.4, 0.5) is 0 Å². The Hall–Kier alpha value is -1.06. The molecule has 0 bridgehead atoms. The molecule has 2 rings (SSSR count). The third-order valence-corrected chi connectivity index (χ3v) is 2.34. The van der Waals surface area contributed by atoms with E-state index in [-0.39, 0.29) is 0 Å². The van der Waals surface area contributed by atoms with E-state index >= 15 is 0 Å². The molecular weight excluding hydrogens is 198 g/mol. The van der Waals surface area contributed by atoms with Crippen LogP contribution >= 0.6 is 11.6 Å². The van der Waals surface area contributed by atoms with Crippen molar-refractivity contribution in [3.05, 3.63) is 35.2 Å². The molecule has 74 valence electrons. The zero-order valence-corrected chi connectivity index (χ0v) is 8.75. The number of nitrogens with one attached hydrogen (secondary N) is 1. The minimum absolute atomic E-state index is 0.725. The van der Waals surface area contributed by atoms with Gasteiger partial charge in [0.15, 0.2) is 0 Å².